The first-order valence-electron chi connectivity index (χ1n) is 6.36. The number of Topliss-reactive ketones (excluding diaryl/α,β-unsaturated/α-hetero) is 1. The number of carboxylic acid groups (broad SMARTS) is 2. The van der Waals surface area contributed by atoms with Crippen LogP contribution in [-0.4, -0.2) is 57.9 Å². The topological polar surface area (TPSA) is 138 Å². The van der Waals surface area contributed by atoms with E-state index >= 15 is 0 Å². The van der Waals surface area contributed by atoms with Crippen molar-refractivity contribution in [1.29, 1.82) is 0 Å². The summed E-state index contributed by atoms with van der Waals surface area (Å²) in [4.78, 5) is 46.7. The Morgan fingerprint density at radius 1 is 1.25 bits per heavy atom. The second-order valence-corrected chi connectivity index (χ2v) is 4.67. The van der Waals surface area contributed by atoms with E-state index in [0.717, 1.165) is 0 Å². The van der Waals surface area contributed by atoms with Gasteiger partial charge >= 0.3 is 11.9 Å². The van der Waals surface area contributed by atoms with E-state index in [-0.39, 0.29) is 13.0 Å². The molecule has 1 amide bonds. The van der Waals surface area contributed by atoms with Gasteiger partial charge in [0.25, 0.3) is 0 Å². The second kappa shape index (κ2) is 6.99. The van der Waals surface area contributed by atoms with Crippen LogP contribution >= 0.6 is 0 Å². The van der Waals surface area contributed by atoms with Crippen molar-refractivity contribution in [3.63, 3.8) is 0 Å². The molecule has 2 unspecified atom stereocenters. The highest BCUT2D eigenvalue weighted by Crippen LogP contribution is 2.23. The van der Waals surface area contributed by atoms with Crippen molar-refractivity contribution in [1.82, 2.24) is 4.90 Å². The summed E-state index contributed by atoms with van der Waals surface area (Å²) >= 11 is 0. The number of ketones is 1. The lowest BCUT2D eigenvalue weighted by atomic mass is 9.92. The van der Waals surface area contributed by atoms with E-state index in [1.807, 2.05) is 0 Å². The number of hydrogen-bond donors (Lipinski definition) is 3. The number of carbonyl (C=O) groups excluding carboxylic acids is 2. The first-order chi connectivity index (χ1) is 9.38. The van der Waals surface area contributed by atoms with Crippen molar-refractivity contribution >= 4 is 23.6 Å². The first-order valence-corrected chi connectivity index (χ1v) is 6.36. The Hall–Kier alpha value is -1.96. The highest BCUT2D eigenvalue weighted by atomic mass is 16.4. The number of amides is 1. The quantitative estimate of drug-likeness (QED) is 0.514. The summed E-state index contributed by atoms with van der Waals surface area (Å²) in [5.74, 6) is -4.93. The molecule has 1 fully saturated rings. The molecule has 0 aromatic carbocycles. The van der Waals surface area contributed by atoms with Crippen LogP contribution in [0.2, 0.25) is 0 Å². The lowest BCUT2D eigenvalue weighted by molar-refractivity contribution is -0.150. The summed E-state index contributed by atoms with van der Waals surface area (Å²) in [6.45, 7) is 0.133. The average Bonchev–Trinajstić information content (AvgIpc) is 2.86. The van der Waals surface area contributed by atoms with Crippen LogP contribution in [0.1, 0.15) is 25.7 Å². The van der Waals surface area contributed by atoms with Crippen molar-refractivity contribution in [2.24, 2.45) is 11.7 Å². The van der Waals surface area contributed by atoms with Gasteiger partial charge in [0.15, 0.2) is 5.78 Å². The lowest BCUT2D eigenvalue weighted by Gasteiger charge is -2.25. The van der Waals surface area contributed by atoms with Crippen LogP contribution in [0.3, 0.4) is 0 Å². The molecule has 1 saturated heterocycles. The minimum Gasteiger partial charge on any atom is -0.481 e. The summed E-state index contributed by atoms with van der Waals surface area (Å²) in [6.07, 6.45) is 0.319. The fourth-order valence-electron chi connectivity index (χ4n) is 2.37. The standard InChI is InChI=1S/C12H18N2O6/c13-6-9(15)14-5-1-2-8(14)11(18)7(12(19)20)3-4-10(16)17/h7-8H,1-6,13H2,(H,16,17)(H,19,20). The van der Waals surface area contributed by atoms with Crippen LogP contribution in [-0.2, 0) is 19.2 Å². The second-order valence-electron chi connectivity index (χ2n) is 4.67. The molecule has 4 N–H and O–H groups in total. The van der Waals surface area contributed by atoms with E-state index in [2.05, 4.69) is 0 Å². The summed E-state index contributed by atoms with van der Waals surface area (Å²) in [5, 5.41) is 17.6. The van der Waals surface area contributed by atoms with Gasteiger partial charge in [0.1, 0.15) is 5.92 Å². The number of carboxylic acids is 2. The zero-order valence-corrected chi connectivity index (χ0v) is 10.9. The Morgan fingerprint density at radius 3 is 2.40 bits per heavy atom. The SMILES string of the molecule is NCC(=O)N1CCCC1C(=O)C(CCC(=O)O)C(=O)O. The van der Waals surface area contributed by atoms with E-state index in [1.165, 1.54) is 4.90 Å². The number of nitrogens with two attached hydrogens (primary N) is 1. The third kappa shape index (κ3) is 3.77. The number of aliphatic carboxylic acids is 2. The van der Waals surface area contributed by atoms with Gasteiger partial charge in [0.05, 0.1) is 12.6 Å². The Balaban J connectivity index is 2.80. The summed E-state index contributed by atoms with van der Waals surface area (Å²) in [6, 6.07) is -0.805. The summed E-state index contributed by atoms with van der Waals surface area (Å²) < 4.78 is 0. The minimum absolute atomic E-state index is 0.239. The van der Waals surface area contributed by atoms with Gasteiger partial charge in [-0.15, -0.1) is 0 Å². The molecule has 0 saturated carbocycles. The van der Waals surface area contributed by atoms with Gasteiger partial charge in [-0.05, 0) is 19.3 Å². The van der Waals surface area contributed by atoms with Gasteiger partial charge in [-0.1, -0.05) is 0 Å². The Kier molecular flexibility index (Phi) is 5.63. The molecule has 2 atom stereocenters. The number of likely N-dealkylation sites (tertiary alicyclic amines) is 1. The monoisotopic (exact) mass is 286 g/mol. The summed E-state index contributed by atoms with van der Waals surface area (Å²) in [7, 11) is 0. The molecule has 0 aliphatic carbocycles. The predicted molar refractivity (Wildman–Crippen MR) is 66.8 cm³/mol. The van der Waals surface area contributed by atoms with Gasteiger partial charge in [0.2, 0.25) is 5.91 Å². The highest BCUT2D eigenvalue weighted by Gasteiger charge is 2.39. The molecule has 20 heavy (non-hydrogen) atoms. The normalized spacial score (nSPS) is 19.6. The average molecular weight is 286 g/mol. The van der Waals surface area contributed by atoms with Gasteiger partial charge in [-0.3, -0.25) is 19.2 Å². The molecule has 0 aromatic heterocycles. The zero-order valence-electron chi connectivity index (χ0n) is 10.9. The number of carbonyl (C=O) groups is 4. The zero-order chi connectivity index (χ0) is 15.3. The van der Waals surface area contributed by atoms with Crippen LogP contribution in [0.15, 0.2) is 0 Å². The smallest absolute Gasteiger partial charge is 0.314 e. The van der Waals surface area contributed by atoms with Crippen LogP contribution in [0, 0.1) is 5.92 Å². The first kappa shape index (κ1) is 16.1. The molecule has 8 nitrogen and oxygen atoms in total. The molecule has 0 radical (unpaired) electrons. The fourth-order valence-corrected chi connectivity index (χ4v) is 2.37. The molecule has 1 aliphatic rings. The number of nitrogens with zero attached hydrogens (tertiary/aromatic N) is 1. The third-order valence-electron chi connectivity index (χ3n) is 3.36. The Labute approximate surface area is 115 Å². The lowest BCUT2D eigenvalue weighted by Crippen LogP contribution is -2.46. The van der Waals surface area contributed by atoms with E-state index in [0.29, 0.717) is 19.4 Å². The minimum atomic E-state index is -1.40. The molecule has 0 aromatic rings. The molecule has 1 heterocycles. The van der Waals surface area contributed by atoms with Crippen molar-refractivity contribution in [3.05, 3.63) is 0 Å². The Bertz CT molecular complexity index is 422. The van der Waals surface area contributed by atoms with Crippen molar-refractivity contribution < 1.29 is 29.4 Å². The predicted octanol–water partition coefficient (Wildman–Crippen LogP) is -0.929. The van der Waals surface area contributed by atoms with Gasteiger partial charge in [0, 0.05) is 13.0 Å². The summed E-state index contributed by atoms with van der Waals surface area (Å²) in [5.41, 5.74) is 5.25. The van der Waals surface area contributed by atoms with Crippen molar-refractivity contribution in [3.8, 4) is 0 Å². The van der Waals surface area contributed by atoms with Crippen LogP contribution in [0.25, 0.3) is 0 Å². The molecule has 1 aliphatic heterocycles. The molecule has 1 rings (SSSR count). The maximum Gasteiger partial charge on any atom is 0.314 e. The van der Waals surface area contributed by atoms with Gasteiger partial charge in [-0.25, -0.2) is 0 Å². The molecule has 8 heteroatoms. The van der Waals surface area contributed by atoms with Gasteiger partial charge < -0.3 is 20.8 Å². The highest BCUT2D eigenvalue weighted by molar-refractivity contribution is 6.02. The van der Waals surface area contributed by atoms with Gasteiger partial charge in [-0.2, -0.15) is 0 Å². The molecular weight excluding hydrogens is 268 g/mol. The van der Waals surface area contributed by atoms with Crippen LogP contribution in [0.4, 0.5) is 0 Å². The number of hydrogen-bond acceptors (Lipinski definition) is 5. The largest absolute Gasteiger partial charge is 0.481 e. The van der Waals surface area contributed by atoms with E-state index < -0.39 is 42.0 Å². The molecule has 0 spiro atoms. The van der Waals surface area contributed by atoms with Crippen molar-refractivity contribution in [2.75, 3.05) is 13.1 Å². The van der Waals surface area contributed by atoms with E-state index in [1.54, 1.807) is 0 Å². The Morgan fingerprint density at radius 2 is 1.90 bits per heavy atom. The van der Waals surface area contributed by atoms with Crippen molar-refractivity contribution in [2.45, 2.75) is 31.7 Å². The fraction of sp³-hybridized carbons (Fsp3) is 0.667. The maximum atomic E-state index is 12.2. The number of rotatable bonds is 7. The van der Waals surface area contributed by atoms with E-state index in [9.17, 15) is 19.2 Å². The third-order valence-corrected chi connectivity index (χ3v) is 3.36. The van der Waals surface area contributed by atoms with E-state index in [4.69, 9.17) is 15.9 Å². The maximum absolute atomic E-state index is 12.2. The van der Waals surface area contributed by atoms with Crippen LogP contribution in [0.5, 0.6) is 0 Å². The van der Waals surface area contributed by atoms with Crippen LogP contribution < -0.4 is 5.73 Å². The molecular formula is C12H18N2O6. The molecule has 0 bridgehead atoms. The molecule has 112 valence electrons.